The highest BCUT2D eigenvalue weighted by atomic mass is 35.5. The molecule has 0 radical (unpaired) electrons. The lowest BCUT2D eigenvalue weighted by Crippen LogP contribution is -2.07. The zero-order valence-corrected chi connectivity index (χ0v) is 9.19. The third kappa shape index (κ3) is 1.68. The lowest BCUT2D eigenvalue weighted by Gasteiger charge is -2.07. The van der Waals surface area contributed by atoms with E-state index in [1.807, 2.05) is 16.8 Å². The summed E-state index contributed by atoms with van der Waals surface area (Å²) in [5.74, 6) is 1.39. The van der Waals surface area contributed by atoms with Gasteiger partial charge in [-0.3, -0.25) is 4.98 Å². The van der Waals surface area contributed by atoms with Crippen molar-refractivity contribution in [3.05, 3.63) is 36.2 Å². The quantitative estimate of drug-likeness (QED) is 0.677. The highest BCUT2D eigenvalue weighted by molar-refractivity contribution is 6.13. The van der Waals surface area contributed by atoms with Gasteiger partial charge in [0.2, 0.25) is 0 Å². The molecule has 0 unspecified atom stereocenters. The number of halogens is 1. The topological polar surface area (TPSA) is 16.1 Å². The number of nitrogens with zero attached hydrogens (tertiary/aromatic N) is 2. The zero-order chi connectivity index (χ0) is 10.3. The lowest BCUT2D eigenvalue weighted by molar-refractivity contribution is 0.514. The van der Waals surface area contributed by atoms with Gasteiger partial charge in [0.05, 0.1) is 0 Å². The Hall–Kier alpha value is -0.860. The first-order chi connectivity index (χ1) is 7.33. The van der Waals surface area contributed by atoms with Crippen LogP contribution in [-0.4, -0.2) is 22.5 Å². The van der Waals surface area contributed by atoms with Crippen molar-refractivity contribution in [2.24, 2.45) is 11.8 Å². The molecule has 3 rings (SSSR count). The second-order valence-corrected chi connectivity index (χ2v) is 4.86. The largest absolute Gasteiger partial charge is 0.265 e. The number of hydrogen-bond donors (Lipinski definition) is 0. The Morgan fingerprint density at radius 3 is 2.80 bits per heavy atom. The van der Waals surface area contributed by atoms with Gasteiger partial charge in [0.1, 0.15) is 0 Å². The van der Waals surface area contributed by atoms with E-state index in [0.717, 1.165) is 25.4 Å². The molecule has 1 aromatic rings. The van der Waals surface area contributed by atoms with Crippen LogP contribution >= 0.6 is 11.8 Å². The van der Waals surface area contributed by atoms with Crippen molar-refractivity contribution >= 4 is 17.3 Å². The average molecular weight is 221 g/mol. The van der Waals surface area contributed by atoms with E-state index >= 15 is 0 Å². The number of fused-ring (bicyclic) bond motifs is 1. The van der Waals surface area contributed by atoms with Gasteiger partial charge < -0.3 is 0 Å². The van der Waals surface area contributed by atoms with Gasteiger partial charge in [-0.2, -0.15) is 0 Å². The molecule has 1 aliphatic heterocycles. The Kier molecular flexibility index (Phi) is 2.26. The summed E-state index contributed by atoms with van der Waals surface area (Å²) in [7, 11) is 0. The van der Waals surface area contributed by atoms with Crippen molar-refractivity contribution in [2.75, 3.05) is 13.1 Å². The molecular formula is C12H13ClN2. The van der Waals surface area contributed by atoms with Crippen LogP contribution < -0.4 is 0 Å². The molecule has 0 amide bonds. The summed E-state index contributed by atoms with van der Waals surface area (Å²) in [6, 6.07) is 4.18. The Morgan fingerprint density at radius 1 is 1.27 bits per heavy atom. The van der Waals surface area contributed by atoms with Gasteiger partial charge in [-0.15, -0.1) is 0 Å². The summed E-state index contributed by atoms with van der Waals surface area (Å²) in [5, 5.41) is 0. The molecule has 2 heterocycles. The molecule has 0 spiro atoms. The van der Waals surface area contributed by atoms with Crippen LogP contribution in [0.3, 0.4) is 0 Å². The molecule has 3 heteroatoms. The molecular weight excluding hydrogens is 208 g/mol. The third-order valence-electron chi connectivity index (χ3n) is 3.40. The molecule has 0 saturated carbocycles. The first-order valence-corrected chi connectivity index (χ1v) is 5.68. The summed E-state index contributed by atoms with van der Waals surface area (Å²) in [6.45, 7) is 2.03. The van der Waals surface area contributed by atoms with E-state index in [-0.39, 0.29) is 0 Å². The predicted octanol–water partition coefficient (Wildman–Crippen LogP) is 2.57. The predicted molar refractivity (Wildman–Crippen MR) is 61.2 cm³/mol. The van der Waals surface area contributed by atoms with Crippen molar-refractivity contribution in [2.45, 2.75) is 6.42 Å². The number of rotatable bonds is 1. The minimum Gasteiger partial charge on any atom is -0.265 e. The fraction of sp³-hybridized carbons (Fsp3) is 0.417. The van der Waals surface area contributed by atoms with Crippen molar-refractivity contribution in [3.8, 4) is 0 Å². The standard InChI is InChI=1S/C12H13ClN2/c13-15-7-11-5-10(6-12(11)8-15)9-1-3-14-4-2-9/h1-5,11-12H,6-8H2/t11-,12+/m1/s1. The second-order valence-electron chi connectivity index (χ2n) is 4.38. The molecule has 0 bridgehead atoms. The summed E-state index contributed by atoms with van der Waals surface area (Å²) in [5.41, 5.74) is 2.79. The van der Waals surface area contributed by atoms with Crippen molar-refractivity contribution in [1.29, 1.82) is 0 Å². The Bertz CT molecular complexity index is 388. The molecule has 15 heavy (non-hydrogen) atoms. The molecule has 1 saturated heterocycles. The Balaban J connectivity index is 1.84. The summed E-state index contributed by atoms with van der Waals surface area (Å²) >= 11 is 6.00. The van der Waals surface area contributed by atoms with Gasteiger partial charge >= 0.3 is 0 Å². The van der Waals surface area contributed by atoms with Crippen LogP contribution in [0.15, 0.2) is 30.6 Å². The van der Waals surface area contributed by atoms with Crippen LogP contribution in [0.25, 0.3) is 5.57 Å². The maximum atomic E-state index is 6.00. The maximum absolute atomic E-state index is 6.00. The Morgan fingerprint density at radius 2 is 2.07 bits per heavy atom. The molecule has 0 aromatic carbocycles. The summed E-state index contributed by atoms with van der Waals surface area (Å²) in [6.07, 6.45) is 7.27. The monoisotopic (exact) mass is 220 g/mol. The van der Waals surface area contributed by atoms with E-state index in [9.17, 15) is 0 Å². The van der Waals surface area contributed by atoms with Gasteiger partial charge in [0, 0.05) is 25.5 Å². The van der Waals surface area contributed by atoms with Gasteiger partial charge in [0.15, 0.2) is 0 Å². The fourth-order valence-corrected chi connectivity index (χ4v) is 2.97. The van der Waals surface area contributed by atoms with Crippen molar-refractivity contribution in [1.82, 2.24) is 9.40 Å². The summed E-state index contributed by atoms with van der Waals surface area (Å²) in [4.78, 5) is 4.04. The molecule has 1 fully saturated rings. The molecule has 0 N–H and O–H groups in total. The van der Waals surface area contributed by atoms with E-state index in [1.165, 1.54) is 11.1 Å². The molecule has 2 atom stereocenters. The van der Waals surface area contributed by atoms with Crippen LogP contribution in [0.1, 0.15) is 12.0 Å². The van der Waals surface area contributed by atoms with Gasteiger partial charge in [0.25, 0.3) is 0 Å². The van der Waals surface area contributed by atoms with Crippen LogP contribution in [0, 0.1) is 11.8 Å². The van der Waals surface area contributed by atoms with Gasteiger partial charge in [-0.05, 0) is 53.3 Å². The molecule has 2 nitrogen and oxygen atoms in total. The number of hydrogen-bond acceptors (Lipinski definition) is 2. The molecule has 1 aromatic heterocycles. The smallest absolute Gasteiger partial charge is 0.0273 e. The van der Waals surface area contributed by atoms with E-state index in [1.54, 1.807) is 0 Å². The minimum atomic E-state index is 0.658. The van der Waals surface area contributed by atoms with E-state index < -0.39 is 0 Å². The third-order valence-corrected chi connectivity index (χ3v) is 3.67. The van der Waals surface area contributed by atoms with Crippen LogP contribution in [0.4, 0.5) is 0 Å². The van der Waals surface area contributed by atoms with E-state index in [2.05, 4.69) is 23.2 Å². The SMILES string of the molecule is ClN1C[C@@H]2CC(c3ccncc3)=C[C@@H]2C1. The number of aromatic nitrogens is 1. The maximum Gasteiger partial charge on any atom is 0.0273 e. The number of allylic oxidation sites excluding steroid dienone is 1. The first-order valence-electron chi connectivity index (χ1n) is 5.35. The second kappa shape index (κ2) is 3.62. The summed E-state index contributed by atoms with van der Waals surface area (Å²) < 4.78 is 1.91. The van der Waals surface area contributed by atoms with Gasteiger partial charge in [-0.25, -0.2) is 4.42 Å². The molecule has 78 valence electrons. The highest BCUT2D eigenvalue weighted by Crippen LogP contribution is 2.41. The fourth-order valence-electron chi connectivity index (χ4n) is 2.64. The van der Waals surface area contributed by atoms with Crippen molar-refractivity contribution < 1.29 is 0 Å². The van der Waals surface area contributed by atoms with E-state index in [4.69, 9.17) is 11.8 Å². The minimum absolute atomic E-state index is 0.658. The van der Waals surface area contributed by atoms with Crippen molar-refractivity contribution in [3.63, 3.8) is 0 Å². The zero-order valence-electron chi connectivity index (χ0n) is 8.44. The van der Waals surface area contributed by atoms with E-state index in [0.29, 0.717) is 5.92 Å². The lowest BCUT2D eigenvalue weighted by atomic mass is 9.99. The van der Waals surface area contributed by atoms with Crippen LogP contribution in [-0.2, 0) is 0 Å². The van der Waals surface area contributed by atoms with Gasteiger partial charge in [-0.1, -0.05) is 6.08 Å². The molecule has 2 aliphatic rings. The highest BCUT2D eigenvalue weighted by Gasteiger charge is 2.35. The van der Waals surface area contributed by atoms with Crippen LogP contribution in [0.2, 0.25) is 0 Å². The first kappa shape index (κ1) is 9.37. The van der Waals surface area contributed by atoms with Crippen LogP contribution in [0.5, 0.6) is 0 Å². The average Bonchev–Trinajstić information content (AvgIpc) is 2.76. The number of pyridine rings is 1. The normalized spacial score (nSPS) is 30.3. The molecule has 1 aliphatic carbocycles. The Labute approximate surface area is 94.7 Å².